The first kappa shape index (κ1) is 11.1. The summed E-state index contributed by atoms with van der Waals surface area (Å²) in [7, 11) is 0. The molecule has 2 rings (SSSR count). The molecular weight excluding hydrogens is 204 g/mol. The smallest absolute Gasteiger partial charge is 0.220 e. The van der Waals surface area contributed by atoms with E-state index in [4.69, 9.17) is 0 Å². The van der Waals surface area contributed by atoms with Crippen molar-refractivity contribution in [2.45, 2.75) is 25.8 Å². The minimum absolute atomic E-state index is 0.0446. The van der Waals surface area contributed by atoms with Crippen molar-refractivity contribution in [2.24, 2.45) is 5.92 Å². The van der Waals surface area contributed by atoms with E-state index in [1.165, 1.54) is 0 Å². The lowest BCUT2D eigenvalue weighted by molar-refractivity contribution is -0.122. The van der Waals surface area contributed by atoms with Crippen LogP contribution in [0, 0.1) is 5.92 Å². The van der Waals surface area contributed by atoms with Gasteiger partial charge in [-0.25, -0.2) is 4.98 Å². The summed E-state index contributed by atoms with van der Waals surface area (Å²) in [5.41, 5.74) is 0. The van der Waals surface area contributed by atoms with Gasteiger partial charge in [0, 0.05) is 18.8 Å². The largest absolute Gasteiger partial charge is 0.347 e. The van der Waals surface area contributed by atoms with Gasteiger partial charge in [-0.15, -0.1) is 0 Å². The van der Waals surface area contributed by atoms with E-state index >= 15 is 0 Å². The Hall–Kier alpha value is -1.36. The number of carbonyl (C=O) groups excluding carboxylic acids is 1. The highest BCUT2D eigenvalue weighted by atomic mass is 16.1. The van der Waals surface area contributed by atoms with Gasteiger partial charge in [0.1, 0.15) is 5.82 Å². The molecule has 1 fully saturated rings. The van der Waals surface area contributed by atoms with Crippen molar-refractivity contribution in [3.63, 3.8) is 0 Å². The Morgan fingerprint density at radius 2 is 2.62 bits per heavy atom. The highest BCUT2D eigenvalue weighted by Gasteiger charge is 2.19. The Kier molecular flexibility index (Phi) is 3.56. The second kappa shape index (κ2) is 5.12. The van der Waals surface area contributed by atoms with Crippen LogP contribution < -0.4 is 10.6 Å². The number of nitrogens with zero attached hydrogens (tertiary/aromatic N) is 1. The summed E-state index contributed by atoms with van der Waals surface area (Å²) >= 11 is 0. The summed E-state index contributed by atoms with van der Waals surface area (Å²) in [6.45, 7) is 3.93. The third kappa shape index (κ3) is 2.82. The molecule has 5 heteroatoms. The second-order valence-corrected chi connectivity index (χ2v) is 4.33. The van der Waals surface area contributed by atoms with Gasteiger partial charge in [0.15, 0.2) is 0 Å². The van der Waals surface area contributed by atoms with Crippen LogP contribution in [0.5, 0.6) is 0 Å². The van der Waals surface area contributed by atoms with Crippen LogP contribution in [-0.2, 0) is 4.79 Å². The van der Waals surface area contributed by atoms with Gasteiger partial charge in [-0.2, -0.15) is 0 Å². The zero-order valence-corrected chi connectivity index (χ0v) is 9.49. The van der Waals surface area contributed by atoms with Gasteiger partial charge in [0.2, 0.25) is 5.91 Å². The molecule has 88 valence electrons. The summed E-state index contributed by atoms with van der Waals surface area (Å²) < 4.78 is 0. The molecule has 1 amide bonds. The maximum Gasteiger partial charge on any atom is 0.220 e. The Morgan fingerprint density at radius 1 is 1.75 bits per heavy atom. The molecule has 1 saturated heterocycles. The summed E-state index contributed by atoms with van der Waals surface area (Å²) in [6.07, 6.45) is 5.17. The van der Waals surface area contributed by atoms with Crippen LogP contribution in [0.2, 0.25) is 0 Å². The van der Waals surface area contributed by atoms with Gasteiger partial charge in [-0.05, 0) is 32.4 Å². The molecule has 1 aliphatic heterocycles. The Labute approximate surface area is 95.0 Å². The van der Waals surface area contributed by atoms with Crippen LogP contribution in [0.1, 0.15) is 31.6 Å². The molecule has 2 heterocycles. The monoisotopic (exact) mass is 222 g/mol. The van der Waals surface area contributed by atoms with E-state index in [0.29, 0.717) is 12.3 Å². The van der Waals surface area contributed by atoms with Gasteiger partial charge >= 0.3 is 0 Å². The number of aromatic nitrogens is 2. The molecule has 0 saturated carbocycles. The van der Waals surface area contributed by atoms with Crippen molar-refractivity contribution < 1.29 is 4.79 Å². The molecule has 0 aliphatic carbocycles. The second-order valence-electron chi connectivity index (χ2n) is 4.33. The van der Waals surface area contributed by atoms with Gasteiger partial charge < -0.3 is 15.6 Å². The van der Waals surface area contributed by atoms with Gasteiger partial charge in [-0.3, -0.25) is 4.79 Å². The molecule has 0 bridgehead atoms. The molecule has 2 unspecified atom stereocenters. The molecular formula is C11H18N4O. The minimum Gasteiger partial charge on any atom is -0.347 e. The molecule has 2 atom stereocenters. The molecule has 0 spiro atoms. The normalized spacial score (nSPS) is 21.9. The van der Waals surface area contributed by atoms with Crippen molar-refractivity contribution in [3.8, 4) is 0 Å². The maximum absolute atomic E-state index is 11.7. The summed E-state index contributed by atoms with van der Waals surface area (Å²) in [6, 6.07) is -0.0446. The van der Waals surface area contributed by atoms with Crippen molar-refractivity contribution in [1.29, 1.82) is 0 Å². The van der Waals surface area contributed by atoms with Crippen LogP contribution in [-0.4, -0.2) is 29.0 Å². The van der Waals surface area contributed by atoms with E-state index in [9.17, 15) is 4.79 Å². The molecule has 0 radical (unpaired) electrons. The van der Waals surface area contributed by atoms with Crippen LogP contribution >= 0.6 is 0 Å². The minimum atomic E-state index is -0.0446. The number of nitrogens with one attached hydrogen (secondary N) is 3. The molecule has 1 aliphatic rings. The lowest BCUT2D eigenvalue weighted by Gasteiger charge is -2.13. The maximum atomic E-state index is 11.7. The quantitative estimate of drug-likeness (QED) is 0.698. The highest BCUT2D eigenvalue weighted by Crippen LogP contribution is 2.13. The van der Waals surface area contributed by atoms with Crippen LogP contribution in [0.3, 0.4) is 0 Å². The highest BCUT2D eigenvalue weighted by molar-refractivity contribution is 5.76. The topological polar surface area (TPSA) is 69.8 Å². The van der Waals surface area contributed by atoms with Crippen molar-refractivity contribution in [2.75, 3.05) is 13.1 Å². The first-order valence-electron chi connectivity index (χ1n) is 5.75. The predicted molar refractivity (Wildman–Crippen MR) is 60.7 cm³/mol. The number of H-pyrrole nitrogens is 1. The SMILES string of the molecule is CC(NC(=O)CC1CCNC1)c1ncc[nH]1. The van der Waals surface area contributed by atoms with Crippen LogP contribution in [0.15, 0.2) is 12.4 Å². The van der Waals surface area contributed by atoms with Crippen molar-refractivity contribution in [3.05, 3.63) is 18.2 Å². The Balaban J connectivity index is 1.78. The molecule has 3 N–H and O–H groups in total. The average Bonchev–Trinajstić information content (AvgIpc) is 2.88. The van der Waals surface area contributed by atoms with Gasteiger partial charge in [0.25, 0.3) is 0 Å². The molecule has 5 nitrogen and oxygen atoms in total. The number of amides is 1. The molecule has 0 aromatic carbocycles. The van der Waals surface area contributed by atoms with E-state index in [1.54, 1.807) is 12.4 Å². The first-order chi connectivity index (χ1) is 7.75. The lowest BCUT2D eigenvalue weighted by Crippen LogP contribution is -2.29. The zero-order chi connectivity index (χ0) is 11.4. The molecule has 1 aromatic heterocycles. The summed E-state index contributed by atoms with van der Waals surface area (Å²) in [5.74, 6) is 1.40. The number of rotatable bonds is 4. The fraction of sp³-hybridized carbons (Fsp3) is 0.636. The summed E-state index contributed by atoms with van der Waals surface area (Å²) in [5, 5.41) is 6.21. The van der Waals surface area contributed by atoms with E-state index < -0.39 is 0 Å². The lowest BCUT2D eigenvalue weighted by atomic mass is 10.0. The fourth-order valence-electron chi connectivity index (χ4n) is 2.03. The third-order valence-electron chi connectivity index (χ3n) is 2.94. The van der Waals surface area contributed by atoms with Crippen LogP contribution in [0.25, 0.3) is 0 Å². The zero-order valence-electron chi connectivity index (χ0n) is 9.49. The fourth-order valence-corrected chi connectivity index (χ4v) is 2.03. The third-order valence-corrected chi connectivity index (χ3v) is 2.94. The predicted octanol–water partition coefficient (Wildman–Crippen LogP) is 0.586. The van der Waals surface area contributed by atoms with E-state index in [1.807, 2.05) is 6.92 Å². The number of carbonyl (C=O) groups is 1. The number of imidazole rings is 1. The standard InChI is InChI=1S/C11H18N4O/c1-8(11-13-4-5-14-11)15-10(16)6-9-2-3-12-7-9/h4-5,8-9,12H,2-3,6-7H2,1H3,(H,13,14)(H,15,16). The Morgan fingerprint density at radius 3 is 3.25 bits per heavy atom. The first-order valence-corrected chi connectivity index (χ1v) is 5.75. The molecule has 1 aromatic rings. The van der Waals surface area contributed by atoms with E-state index in [2.05, 4.69) is 20.6 Å². The Bertz CT molecular complexity index is 330. The van der Waals surface area contributed by atoms with Gasteiger partial charge in [-0.1, -0.05) is 0 Å². The molecule has 16 heavy (non-hydrogen) atoms. The van der Waals surface area contributed by atoms with Crippen molar-refractivity contribution in [1.82, 2.24) is 20.6 Å². The van der Waals surface area contributed by atoms with E-state index in [0.717, 1.165) is 25.3 Å². The van der Waals surface area contributed by atoms with E-state index in [-0.39, 0.29) is 11.9 Å². The van der Waals surface area contributed by atoms with Gasteiger partial charge in [0.05, 0.1) is 6.04 Å². The number of aromatic amines is 1. The van der Waals surface area contributed by atoms with Crippen molar-refractivity contribution >= 4 is 5.91 Å². The summed E-state index contributed by atoms with van der Waals surface area (Å²) in [4.78, 5) is 18.8. The average molecular weight is 222 g/mol. The number of hydrogen-bond donors (Lipinski definition) is 3. The van der Waals surface area contributed by atoms with Crippen LogP contribution in [0.4, 0.5) is 0 Å². The number of hydrogen-bond acceptors (Lipinski definition) is 3.